The molecule has 3 rings (SSSR count). The number of esters is 2. The van der Waals surface area contributed by atoms with E-state index in [1.54, 1.807) is 24.3 Å². The second-order valence-electron chi connectivity index (χ2n) is 6.66. The van der Waals surface area contributed by atoms with E-state index in [9.17, 15) is 27.2 Å². The third kappa shape index (κ3) is 5.50. The first-order valence-electron chi connectivity index (χ1n) is 9.59. The Bertz CT molecular complexity index is 1240. The van der Waals surface area contributed by atoms with Crippen molar-refractivity contribution >= 4 is 11.9 Å². The van der Waals surface area contributed by atoms with Gasteiger partial charge in [-0.1, -0.05) is 37.4 Å². The van der Waals surface area contributed by atoms with E-state index in [-0.39, 0.29) is 5.75 Å². The molecule has 0 unspecified atom stereocenters. The summed E-state index contributed by atoms with van der Waals surface area (Å²) in [6.45, 7) is 6.40. The maximum Gasteiger partial charge on any atom is 0.429 e. The predicted octanol–water partition coefficient (Wildman–Crippen LogP) is 5.94. The van der Waals surface area contributed by atoms with Crippen molar-refractivity contribution in [2.75, 3.05) is 0 Å². The average Bonchev–Trinajstić information content (AvgIpc) is 2.82. The van der Waals surface area contributed by atoms with Crippen LogP contribution in [-0.4, -0.2) is 11.9 Å². The van der Waals surface area contributed by atoms with Crippen LogP contribution < -0.4 is 14.2 Å². The van der Waals surface area contributed by atoms with Gasteiger partial charge >= 0.3 is 18.0 Å². The largest absolute Gasteiger partial charge is 0.429 e. The molecule has 0 heterocycles. The quantitative estimate of drug-likeness (QED) is 0.176. The van der Waals surface area contributed by atoms with Crippen LogP contribution in [0.15, 0.2) is 86.0 Å². The first kappa shape index (κ1) is 24.2. The van der Waals surface area contributed by atoms with E-state index in [1.807, 2.05) is 0 Å². The highest BCUT2D eigenvalue weighted by molar-refractivity contribution is 5.83. The van der Waals surface area contributed by atoms with Gasteiger partial charge in [-0.3, -0.25) is 0 Å². The van der Waals surface area contributed by atoms with Crippen LogP contribution in [-0.2, 0) is 15.7 Å². The fraction of sp³-hybridized carbons (Fsp3) is 0.0400. The van der Waals surface area contributed by atoms with Crippen LogP contribution in [0.1, 0.15) is 5.56 Å². The Kier molecular flexibility index (Phi) is 7.15. The number of benzene rings is 3. The Balaban J connectivity index is 1.76. The lowest BCUT2D eigenvalue weighted by atomic mass is 10.1. The molecule has 0 aliphatic rings. The summed E-state index contributed by atoms with van der Waals surface area (Å²) in [7, 11) is 0. The van der Waals surface area contributed by atoms with E-state index in [1.165, 1.54) is 24.3 Å². The van der Waals surface area contributed by atoms with Gasteiger partial charge in [0, 0.05) is 12.2 Å². The summed E-state index contributed by atoms with van der Waals surface area (Å²) >= 11 is 0. The molecule has 3 aromatic rings. The SMILES string of the molecule is C=CC(=O)Oc1ccc(-c2ccc(OC(F)(F)c3ccc(OC(=O)C=C)c(F)c3F)cc2)cc1. The molecule has 0 bridgehead atoms. The van der Waals surface area contributed by atoms with E-state index in [4.69, 9.17) is 4.74 Å². The van der Waals surface area contributed by atoms with Crippen molar-refractivity contribution in [3.8, 4) is 28.4 Å². The van der Waals surface area contributed by atoms with Crippen molar-refractivity contribution in [2.24, 2.45) is 0 Å². The van der Waals surface area contributed by atoms with E-state index < -0.39 is 41.0 Å². The minimum Gasteiger partial charge on any atom is -0.429 e. The van der Waals surface area contributed by atoms with Crippen LogP contribution >= 0.6 is 0 Å². The highest BCUT2D eigenvalue weighted by Gasteiger charge is 2.39. The number of rotatable bonds is 8. The highest BCUT2D eigenvalue weighted by Crippen LogP contribution is 2.36. The number of hydrogen-bond donors (Lipinski definition) is 0. The molecule has 3 aromatic carbocycles. The maximum absolute atomic E-state index is 14.5. The first-order valence-corrected chi connectivity index (χ1v) is 9.59. The lowest BCUT2D eigenvalue weighted by Gasteiger charge is -2.19. The number of halogens is 4. The predicted molar refractivity (Wildman–Crippen MR) is 114 cm³/mol. The van der Waals surface area contributed by atoms with Gasteiger partial charge in [-0.2, -0.15) is 13.2 Å². The second-order valence-corrected chi connectivity index (χ2v) is 6.66. The molecule has 0 aromatic heterocycles. The fourth-order valence-corrected chi connectivity index (χ4v) is 2.78. The van der Waals surface area contributed by atoms with Gasteiger partial charge in [-0.25, -0.2) is 14.0 Å². The first-order chi connectivity index (χ1) is 16.1. The van der Waals surface area contributed by atoms with Gasteiger partial charge in [-0.15, -0.1) is 0 Å². The maximum atomic E-state index is 14.5. The van der Waals surface area contributed by atoms with E-state index in [0.29, 0.717) is 35.1 Å². The van der Waals surface area contributed by atoms with E-state index in [0.717, 1.165) is 6.08 Å². The summed E-state index contributed by atoms with van der Waals surface area (Å²) in [5.41, 5.74) is -0.0606. The number of carbonyl (C=O) groups is 2. The normalized spacial score (nSPS) is 10.8. The van der Waals surface area contributed by atoms with Crippen LogP contribution in [0.2, 0.25) is 0 Å². The molecule has 34 heavy (non-hydrogen) atoms. The minimum absolute atomic E-state index is 0.299. The third-order valence-corrected chi connectivity index (χ3v) is 4.41. The summed E-state index contributed by atoms with van der Waals surface area (Å²) < 4.78 is 71.4. The molecule has 0 atom stereocenters. The Morgan fingerprint density at radius 2 is 1.21 bits per heavy atom. The molecule has 174 valence electrons. The topological polar surface area (TPSA) is 61.8 Å². The van der Waals surface area contributed by atoms with Gasteiger partial charge in [0.2, 0.25) is 5.82 Å². The van der Waals surface area contributed by atoms with Gasteiger partial charge in [-0.05, 0) is 47.5 Å². The lowest BCUT2D eigenvalue weighted by Crippen LogP contribution is -2.24. The fourth-order valence-electron chi connectivity index (χ4n) is 2.78. The molecule has 5 nitrogen and oxygen atoms in total. The van der Waals surface area contributed by atoms with Crippen molar-refractivity contribution in [3.63, 3.8) is 0 Å². The Morgan fingerprint density at radius 3 is 1.74 bits per heavy atom. The molecule has 0 aliphatic heterocycles. The molecule has 9 heteroatoms. The average molecular weight is 472 g/mol. The van der Waals surface area contributed by atoms with Crippen molar-refractivity contribution in [1.29, 1.82) is 0 Å². The molecule has 0 saturated carbocycles. The Labute approximate surface area is 191 Å². The van der Waals surface area contributed by atoms with Crippen molar-refractivity contribution < 1.29 is 41.4 Å². The van der Waals surface area contributed by atoms with Crippen molar-refractivity contribution in [1.82, 2.24) is 0 Å². The molecule has 0 spiro atoms. The second kappa shape index (κ2) is 10.0. The summed E-state index contributed by atoms with van der Waals surface area (Å²) in [5, 5.41) is 0. The summed E-state index contributed by atoms with van der Waals surface area (Å²) in [5.74, 6) is -6.26. The molecule has 0 radical (unpaired) electrons. The lowest BCUT2D eigenvalue weighted by molar-refractivity contribution is -0.187. The number of hydrogen-bond acceptors (Lipinski definition) is 5. The van der Waals surface area contributed by atoms with Gasteiger partial charge in [0.25, 0.3) is 0 Å². The molecule has 0 N–H and O–H groups in total. The van der Waals surface area contributed by atoms with Crippen LogP contribution in [0.3, 0.4) is 0 Å². The van der Waals surface area contributed by atoms with Crippen LogP contribution in [0.5, 0.6) is 17.2 Å². The molecule has 0 saturated heterocycles. The molecule has 0 amide bonds. The zero-order valence-electron chi connectivity index (χ0n) is 17.4. The summed E-state index contributed by atoms with van der Waals surface area (Å²) in [4.78, 5) is 22.4. The van der Waals surface area contributed by atoms with Crippen LogP contribution in [0, 0.1) is 11.6 Å². The molecular formula is C25H16F4O5. The van der Waals surface area contributed by atoms with Crippen molar-refractivity contribution in [2.45, 2.75) is 6.11 Å². The van der Waals surface area contributed by atoms with Gasteiger partial charge in [0.1, 0.15) is 17.1 Å². The number of carbonyl (C=O) groups excluding carboxylic acids is 2. The summed E-state index contributed by atoms with van der Waals surface area (Å²) in [6, 6.07) is 13.0. The molecular weight excluding hydrogens is 456 g/mol. The van der Waals surface area contributed by atoms with Gasteiger partial charge in [0.05, 0.1) is 0 Å². The van der Waals surface area contributed by atoms with E-state index >= 15 is 0 Å². The Hall–Kier alpha value is -4.40. The smallest absolute Gasteiger partial charge is 0.429 e. The highest BCUT2D eigenvalue weighted by atomic mass is 19.3. The number of ether oxygens (including phenoxy) is 3. The van der Waals surface area contributed by atoms with Crippen LogP contribution in [0.25, 0.3) is 11.1 Å². The molecule has 0 aliphatic carbocycles. The standard InChI is InChI=1S/C25H16F4O5/c1-3-21(30)32-17-9-5-15(6-10-17)16-7-11-18(12-8-16)34-25(28,29)19-13-14-20(24(27)23(19)26)33-22(31)4-2/h3-14H,1-2H2. The van der Waals surface area contributed by atoms with Crippen molar-refractivity contribution in [3.05, 3.63) is 103 Å². The summed E-state index contributed by atoms with van der Waals surface area (Å²) in [6.07, 6.45) is -2.50. The zero-order chi connectivity index (χ0) is 24.9. The molecule has 0 fully saturated rings. The third-order valence-electron chi connectivity index (χ3n) is 4.41. The van der Waals surface area contributed by atoms with Gasteiger partial charge < -0.3 is 14.2 Å². The Morgan fingerprint density at radius 1 is 0.706 bits per heavy atom. The monoisotopic (exact) mass is 472 g/mol. The van der Waals surface area contributed by atoms with E-state index in [2.05, 4.69) is 22.6 Å². The number of alkyl halides is 2. The zero-order valence-corrected chi connectivity index (χ0v) is 17.4. The van der Waals surface area contributed by atoms with Gasteiger partial charge in [0.15, 0.2) is 11.6 Å². The van der Waals surface area contributed by atoms with Crippen LogP contribution in [0.4, 0.5) is 17.6 Å². The minimum atomic E-state index is -4.23.